The molecule has 1 unspecified atom stereocenters. The number of ether oxygens (including phenoxy) is 1. The first-order valence-electron chi connectivity index (χ1n) is 11.5. The molecule has 0 heterocycles. The Hall–Kier alpha value is -3.79. The lowest BCUT2D eigenvalue weighted by Crippen LogP contribution is -2.59. The van der Waals surface area contributed by atoms with E-state index < -0.39 is 29.6 Å². The summed E-state index contributed by atoms with van der Waals surface area (Å²) in [4.78, 5) is 36.8. The number of fused-ring (bicyclic) bond motifs is 3. The Morgan fingerprint density at radius 2 is 1.71 bits per heavy atom. The molecule has 0 spiro atoms. The zero-order valence-electron chi connectivity index (χ0n) is 19.1. The van der Waals surface area contributed by atoms with Crippen molar-refractivity contribution in [3.05, 3.63) is 59.7 Å². The fourth-order valence-electron chi connectivity index (χ4n) is 4.78. The number of hydrogen-bond donors (Lipinski definition) is 3. The van der Waals surface area contributed by atoms with Gasteiger partial charge in [0.05, 0.1) is 12.0 Å². The average molecular weight is 461 g/mol. The second-order valence-corrected chi connectivity index (χ2v) is 8.85. The van der Waals surface area contributed by atoms with Crippen LogP contribution in [0.15, 0.2) is 48.5 Å². The van der Waals surface area contributed by atoms with Gasteiger partial charge in [0.1, 0.15) is 12.6 Å². The molecule has 0 saturated heterocycles. The minimum absolute atomic E-state index is 0.0883. The number of benzene rings is 2. The van der Waals surface area contributed by atoms with Crippen molar-refractivity contribution in [3.63, 3.8) is 0 Å². The minimum Gasteiger partial charge on any atom is -0.481 e. The van der Waals surface area contributed by atoms with Crippen molar-refractivity contribution in [2.75, 3.05) is 6.61 Å². The molecule has 2 aliphatic rings. The molecule has 2 aromatic rings. The van der Waals surface area contributed by atoms with E-state index in [-0.39, 0.29) is 25.4 Å². The molecule has 1 fully saturated rings. The third kappa shape index (κ3) is 4.91. The molecule has 2 aromatic carbocycles. The summed E-state index contributed by atoms with van der Waals surface area (Å²) in [6, 6.07) is 15.2. The highest BCUT2D eigenvalue weighted by molar-refractivity contribution is 5.87. The number of carboxylic acid groups (broad SMARTS) is 1. The van der Waals surface area contributed by atoms with Gasteiger partial charge in [0.25, 0.3) is 0 Å². The van der Waals surface area contributed by atoms with E-state index in [1.54, 1.807) is 6.92 Å². The van der Waals surface area contributed by atoms with Gasteiger partial charge >= 0.3 is 12.1 Å². The Labute approximate surface area is 198 Å². The van der Waals surface area contributed by atoms with Gasteiger partial charge in [-0.15, -0.1) is 11.8 Å². The molecule has 1 saturated carbocycles. The topological polar surface area (TPSA) is 105 Å². The van der Waals surface area contributed by atoms with Gasteiger partial charge in [-0.25, -0.2) is 4.79 Å². The zero-order valence-corrected chi connectivity index (χ0v) is 19.1. The van der Waals surface area contributed by atoms with Crippen molar-refractivity contribution >= 4 is 18.0 Å². The molecule has 176 valence electrons. The molecule has 0 aliphatic heterocycles. The maximum absolute atomic E-state index is 12.9. The highest BCUT2D eigenvalue weighted by Gasteiger charge is 2.41. The predicted molar refractivity (Wildman–Crippen MR) is 127 cm³/mol. The number of rotatable bonds is 8. The highest BCUT2D eigenvalue weighted by Crippen LogP contribution is 2.44. The maximum atomic E-state index is 12.9. The number of amides is 2. The highest BCUT2D eigenvalue weighted by atomic mass is 16.5. The van der Waals surface area contributed by atoms with Crippen LogP contribution in [0.1, 0.15) is 56.1 Å². The van der Waals surface area contributed by atoms with Crippen LogP contribution in [0.5, 0.6) is 0 Å². The van der Waals surface area contributed by atoms with Crippen LogP contribution in [-0.4, -0.2) is 41.3 Å². The molecule has 4 rings (SSSR count). The summed E-state index contributed by atoms with van der Waals surface area (Å²) in [7, 11) is 0. The van der Waals surface area contributed by atoms with Crippen LogP contribution in [0.2, 0.25) is 0 Å². The molecular formula is C27H28N2O5. The largest absolute Gasteiger partial charge is 0.481 e. The third-order valence-corrected chi connectivity index (χ3v) is 6.62. The molecular weight excluding hydrogens is 432 g/mol. The molecule has 7 heteroatoms. The van der Waals surface area contributed by atoms with E-state index in [1.165, 1.54) is 0 Å². The van der Waals surface area contributed by atoms with Crippen molar-refractivity contribution in [2.45, 2.75) is 56.5 Å². The van der Waals surface area contributed by atoms with Gasteiger partial charge in [0.2, 0.25) is 5.91 Å². The standard InChI is InChI=1S/C27H28N2O5/c1-2-3-13-23(25(32)29-27(14-8-15-27)16-24(30)31)28-26(33)34-17-22-20-11-6-4-9-18(20)19-10-5-7-12-21(19)22/h4-7,9-12,22-23H,8,13-17H2,1H3,(H,28,33)(H,29,32)(H,30,31). The Balaban J connectivity index is 1.41. The second kappa shape index (κ2) is 10.0. The molecule has 0 aromatic heterocycles. The summed E-state index contributed by atoms with van der Waals surface area (Å²) in [5.41, 5.74) is 3.70. The van der Waals surface area contributed by atoms with Gasteiger partial charge in [-0.2, -0.15) is 0 Å². The van der Waals surface area contributed by atoms with E-state index in [0.29, 0.717) is 12.8 Å². The van der Waals surface area contributed by atoms with Crippen molar-refractivity contribution < 1.29 is 24.2 Å². The van der Waals surface area contributed by atoms with Gasteiger partial charge in [-0.05, 0) is 48.4 Å². The van der Waals surface area contributed by atoms with E-state index in [9.17, 15) is 19.5 Å². The van der Waals surface area contributed by atoms with Gasteiger partial charge in [-0.3, -0.25) is 9.59 Å². The van der Waals surface area contributed by atoms with Crippen molar-refractivity contribution in [2.24, 2.45) is 0 Å². The Kier molecular flexibility index (Phi) is 6.87. The predicted octanol–water partition coefficient (Wildman–Crippen LogP) is 3.82. The fourth-order valence-corrected chi connectivity index (χ4v) is 4.78. The Morgan fingerprint density at radius 3 is 2.24 bits per heavy atom. The van der Waals surface area contributed by atoms with Gasteiger partial charge in [0.15, 0.2) is 0 Å². The molecule has 0 bridgehead atoms. The third-order valence-electron chi connectivity index (χ3n) is 6.62. The zero-order chi connectivity index (χ0) is 24.1. The smallest absolute Gasteiger partial charge is 0.407 e. The normalized spacial score (nSPS) is 16.0. The summed E-state index contributed by atoms with van der Waals surface area (Å²) in [5.74, 6) is 4.06. The van der Waals surface area contributed by atoms with E-state index in [4.69, 9.17) is 4.74 Å². The van der Waals surface area contributed by atoms with Gasteiger partial charge in [0, 0.05) is 12.3 Å². The maximum Gasteiger partial charge on any atom is 0.407 e. The summed E-state index contributed by atoms with van der Waals surface area (Å²) < 4.78 is 5.56. The SMILES string of the molecule is CC#CCC(NC(=O)OCC1c2ccccc2-c2ccccc21)C(=O)NC1(CC(=O)O)CCC1. The van der Waals surface area contributed by atoms with Crippen LogP contribution < -0.4 is 10.6 Å². The second-order valence-electron chi connectivity index (χ2n) is 8.85. The molecule has 2 aliphatic carbocycles. The first-order valence-corrected chi connectivity index (χ1v) is 11.5. The van der Waals surface area contributed by atoms with Gasteiger partial charge < -0.3 is 20.5 Å². The number of carbonyl (C=O) groups excluding carboxylic acids is 2. The molecule has 34 heavy (non-hydrogen) atoms. The monoisotopic (exact) mass is 460 g/mol. The van der Waals surface area contributed by atoms with Crippen molar-refractivity contribution in [3.8, 4) is 23.0 Å². The van der Waals surface area contributed by atoms with Gasteiger partial charge in [-0.1, -0.05) is 48.5 Å². The van der Waals surface area contributed by atoms with Crippen LogP contribution >= 0.6 is 0 Å². The molecule has 2 amide bonds. The molecule has 0 radical (unpaired) electrons. The molecule has 1 atom stereocenters. The van der Waals surface area contributed by atoms with E-state index in [1.807, 2.05) is 36.4 Å². The van der Waals surface area contributed by atoms with Crippen LogP contribution in [0.3, 0.4) is 0 Å². The molecule has 7 nitrogen and oxygen atoms in total. The number of carbonyl (C=O) groups is 3. The van der Waals surface area contributed by atoms with E-state index in [2.05, 4.69) is 34.6 Å². The minimum atomic E-state index is -0.964. The number of carboxylic acids is 1. The summed E-state index contributed by atoms with van der Waals surface area (Å²) >= 11 is 0. The van der Waals surface area contributed by atoms with E-state index in [0.717, 1.165) is 28.7 Å². The number of alkyl carbamates (subject to hydrolysis) is 1. The molecule has 3 N–H and O–H groups in total. The first-order chi connectivity index (χ1) is 16.4. The van der Waals surface area contributed by atoms with Crippen LogP contribution in [-0.2, 0) is 14.3 Å². The lowest BCUT2D eigenvalue weighted by Gasteiger charge is -2.42. The Bertz CT molecular complexity index is 1110. The Morgan fingerprint density at radius 1 is 1.09 bits per heavy atom. The van der Waals surface area contributed by atoms with E-state index >= 15 is 0 Å². The van der Waals surface area contributed by atoms with Crippen molar-refractivity contribution in [1.82, 2.24) is 10.6 Å². The average Bonchev–Trinajstić information content (AvgIpc) is 3.12. The first kappa shape index (κ1) is 23.4. The van der Waals surface area contributed by atoms with Crippen LogP contribution in [0.25, 0.3) is 11.1 Å². The lowest BCUT2D eigenvalue weighted by molar-refractivity contribution is -0.140. The number of nitrogens with one attached hydrogen (secondary N) is 2. The van der Waals surface area contributed by atoms with Crippen LogP contribution in [0, 0.1) is 11.8 Å². The summed E-state index contributed by atoms with van der Waals surface area (Å²) in [5, 5.41) is 14.7. The van der Waals surface area contributed by atoms with Crippen molar-refractivity contribution in [1.29, 1.82) is 0 Å². The van der Waals surface area contributed by atoms with Crippen LogP contribution in [0.4, 0.5) is 4.79 Å². The summed E-state index contributed by atoms with van der Waals surface area (Å²) in [6.45, 7) is 1.79. The number of hydrogen-bond acceptors (Lipinski definition) is 4. The fraction of sp³-hybridized carbons (Fsp3) is 0.370. The number of aliphatic carboxylic acids is 1. The quantitative estimate of drug-likeness (QED) is 0.520. The summed E-state index contributed by atoms with van der Waals surface area (Å²) in [6.07, 6.45) is 1.31. The lowest BCUT2D eigenvalue weighted by atomic mass is 9.74.